The summed E-state index contributed by atoms with van der Waals surface area (Å²) in [6.45, 7) is 2.82. The second kappa shape index (κ2) is 4.26. The number of nitrogens with one attached hydrogen (secondary N) is 1. The summed E-state index contributed by atoms with van der Waals surface area (Å²) in [5, 5.41) is 7.48. The number of benzene rings is 1. The van der Waals surface area contributed by atoms with Gasteiger partial charge in [-0.2, -0.15) is 5.10 Å². The molecule has 0 aliphatic rings. The van der Waals surface area contributed by atoms with Crippen molar-refractivity contribution in [1.29, 1.82) is 0 Å². The van der Waals surface area contributed by atoms with E-state index in [9.17, 15) is 0 Å². The van der Waals surface area contributed by atoms with Crippen LogP contribution in [0.1, 0.15) is 11.1 Å². The summed E-state index contributed by atoms with van der Waals surface area (Å²) in [5.74, 6) is 0. The molecule has 1 heterocycles. The van der Waals surface area contributed by atoms with Crippen molar-refractivity contribution in [1.82, 2.24) is 9.78 Å². The zero-order valence-electron chi connectivity index (χ0n) is 9.57. The summed E-state index contributed by atoms with van der Waals surface area (Å²) in [6.07, 6.45) is 3.86. The number of rotatable bonds is 3. The van der Waals surface area contributed by atoms with Crippen LogP contribution in [-0.4, -0.2) is 9.78 Å². The Bertz CT molecular complexity index is 488. The van der Waals surface area contributed by atoms with Crippen molar-refractivity contribution in [2.45, 2.75) is 13.5 Å². The van der Waals surface area contributed by atoms with Gasteiger partial charge in [-0.15, -0.1) is 0 Å². The molecule has 0 aliphatic carbocycles. The van der Waals surface area contributed by atoms with E-state index in [0.717, 1.165) is 23.5 Å². The minimum absolute atomic E-state index is 0.776. The average molecular weight is 216 g/mol. The smallest absolute Gasteiger partial charge is 0.0539 e. The van der Waals surface area contributed by atoms with Gasteiger partial charge in [-0.25, -0.2) is 0 Å². The number of nitrogens with zero attached hydrogens (tertiary/aromatic N) is 2. The Labute approximate surface area is 95.1 Å². The largest absolute Gasteiger partial charge is 0.399 e. The Hall–Kier alpha value is -1.97. The van der Waals surface area contributed by atoms with Gasteiger partial charge in [0, 0.05) is 36.7 Å². The molecule has 0 radical (unpaired) electrons. The van der Waals surface area contributed by atoms with Gasteiger partial charge in [-0.05, 0) is 30.7 Å². The van der Waals surface area contributed by atoms with Crippen molar-refractivity contribution < 1.29 is 0 Å². The molecule has 0 saturated carbocycles. The van der Waals surface area contributed by atoms with Crippen molar-refractivity contribution >= 4 is 11.4 Å². The summed E-state index contributed by atoms with van der Waals surface area (Å²) in [7, 11) is 1.91. The Kier molecular flexibility index (Phi) is 2.81. The van der Waals surface area contributed by atoms with Crippen LogP contribution in [0.2, 0.25) is 0 Å². The van der Waals surface area contributed by atoms with Crippen LogP contribution in [0, 0.1) is 6.92 Å². The van der Waals surface area contributed by atoms with E-state index >= 15 is 0 Å². The molecule has 0 spiro atoms. The van der Waals surface area contributed by atoms with Crippen molar-refractivity contribution in [3.8, 4) is 0 Å². The first kappa shape index (κ1) is 10.5. The second-order valence-corrected chi connectivity index (χ2v) is 3.95. The zero-order chi connectivity index (χ0) is 11.5. The van der Waals surface area contributed by atoms with Crippen molar-refractivity contribution in [2.75, 3.05) is 11.1 Å². The van der Waals surface area contributed by atoms with E-state index in [-0.39, 0.29) is 0 Å². The normalized spacial score (nSPS) is 10.4. The van der Waals surface area contributed by atoms with Crippen LogP contribution in [0.5, 0.6) is 0 Å². The molecule has 1 aromatic carbocycles. The Morgan fingerprint density at radius 3 is 2.88 bits per heavy atom. The summed E-state index contributed by atoms with van der Waals surface area (Å²) in [5.41, 5.74) is 9.92. The molecule has 0 unspecified atom stereocenters. The Morgan fingerprint density at radius 1 is 1.44 bits per heavy atom. The van der Waals surface area contributed by atoms with Gasteiger partial charge in [-0.3, -0.25) is 4.68 Å². The lowest BCUT2D eigenvalue weighted by molar-refractivity contribution is 0.767. The monoisotopic (exact) mass is 216 g/mol. The third-order valence-corrected chi connectivity index (χ3v) is 2.49. The molecule has 0 fully saturated rings. The molecule has 84 valence electrons. The van der Waals surface area contributed by atoms with Crippen LogP contribution in [0.3, 0.4) is 0 Å². The first-order valence-electron chi connectivity index (χ1n) is 5.22. The molecule has 0 bridgehead atoms. The predicted molar refractivity (Wildman–Crippen MR) is 66.1 cm³/mol. The maximum Gasteiger partial charge on any atom is 0.0539 e. The molecule has 0 saturated heterocycles. The van der Waals surface area contributed by atoms with Crippen LogP contribution < -0.4 is 11.1 Å². The van der Waals surface area contributed by atoms with Gasteiger partial charge in [0.25, 0.3) is 0 Å². The maximum atomic E-state index is 5.70. The molecule has 4 nitrogen and oxygen atoms in total. The number of anilines is 2. The van der Waals surface area contributed by atoms with Gasteiger partial charge in [0.2, 0.25) is 0 Å². The van der Waals surface area contributed by atoms with E-state index < -0.39 is 0 Å². The van der Waals surface area contributed by atoms with Crippen LogP contribution in [0.25, 0.3) is 0 Å². The zero-order valence-corrected chi connectivity index (χ0v) is 9.57. The van der Waals surface area contributed by atoms with Crippen molar-refractivity contribution in [3.63, 3.8) is 0 Å². The highest BCUT2D eigenvalue weighted by atomic mass is 15.2. The second-order valence-electron chi connectivity index (χ2n) is 3.95. The van der Waals surface area contributed by atoms with E-state index in [0.29, 0.717) is 0 Å². The summed E-state index contributed by atoms with van der Waals surface area (Å²) in [4.78, 5) is 0. The van der Waals surface area contributed by atoms with E-state index in [1.807, 2.05) is 44.6 Å². The molecular weight excluding hydrogens is 200 g/mol. The minimum atomic E-state index is 0.776. The lowest BCUT2D eigenvalue weighted by Crippen LogP contribution is -2.00. The number of nitrogens with two attached hydrogens (primary N) is 1. The first-order valence-corrected chi connectivity index (χ1v) is 5.22. The molecule has 3 N–H and O–H groups in total. The summed E-state index contributed by atoms with van der Waals surface area (Å²) < 4.78 is 1.80. The van der Waals surface area contributed by atoms with Gasteiger partial charge in [-0.1, -0.05) is 0 Å². The van der Waals surface area contributed by atoms with Crippen LogP contribution >= 0.6 is 0 Å². The third kappa shape index (κ3) is 2.34. The van der Waals surface area contributed by atoms with Crippen LogP contribution in [-0.2, 0) is 13.6 Å². The Morgan fingerprint density at radius 2 is 2.25 bits per heavy atom. The summed E-state index contributed by atoms with van der Waals surface area (Å²) >= 11 is 0. The standard InChI is InChI=1S/C12H16N4/c1-9-5-11(13)3-4-12(9)14-6-10-7-15-16(2)8-10/h3-5,7-8,14H,6,13H2,1-2H3. The van der Waals surface area contributed by atoms with Gasteiger partial charge in [0.15, 0.2) is 0 Å². The molecule has 2 aromatic rings. The number of hydrogen-bond acceptors (Lipinski definition) is 3. The average Bonchev–Trinajstić information content (AvgIpc) is 2.63. The predicted octanol–water partition coefficient (Wildman–Crippen LogP) is 1.92. The lowest BCUT2D eigenvalue weighted by Gasteiger charge is -2.08. The number of hydrogen-bond donors (Lipinski definition) is 2. The highest BCUT2D eigenvalue weighted by molar-refractivity contribution is 5.57. The SMILES string of the molecule is Cc1cc(N)ccc1NCc1cnn(C)c1. The third-order valence-electron chi connectivity index (χ3n) is 2.49. The van der Waals surface area contributed by atoms with Gasteiger partial charge in [0.05, 0.1) is 6.20 Å². The number of aryl methyl sites for hydroxylation is 2. The van der Waals surface area contributed by atoms with Crippen molar-refractivity contribution in [3.05, 3.63) is 41.7 Å². The molecular formula is C12H16N4. The van der Waals surface area contributed by atoms with E-state index in [2.05, 4.69) is 10.4 Å². The van der Waals surface area contributed by atoms with Gasteiger partial charge >= 0.3 is 0 Å². The highest BCUT2D eigenvalue weighted by Crippen LogP contribution is 2.18. The van der Waals surface area contributed by atoms with E-state index in [1.165, 1.54) is 5.56 Å². The van der Waals surface area contributed by atoms with E-state index in [4.69, 9.17) is 5.73 Å². The lowest BCUT2D eigenvalue weighted by atomic mass is 10.2. The molecule has 16 heavy (non-hydrogen) atoms. The number of aromatic nitrogens is 2. The van der Waals surface area contributed by atoms with E-state index in [1.54, 1.807) is 4.68 Å². The van der Waals surface area contributed by atoms with Crippen LogP contribution in [0.15, 0.2) is 30.6 Å². The number of nitrogen functional groups attached to an aromatic ring is 1. The topological polar surface area (TPSA) is 55.9 Å². The molecule has 0 amide bonds. The van der Waals surface area contributed by atoms with Crippen LogP contribution in [0.4, 0.5) is 11.4 Å². The molecule has 0 atom stereocenters. The molecule has 0 aliphatic heterocycles. The minimum Gasteiger partial charge on any atom is -0.399 e. The molecule has 1 aromatic heterocycles. The molecule has 4 heteroatoms. The maximum absolute atomic E-state index is 5.70. The fourth-order valence-electron chi connectivity index (χ4n) is 1.65. The van der Waals surface area contributed by atoms with Crippen molar-refractivity contribution in [2.24, 2.45) is 7.05 Å². The highest BCUT2D eigenvalue weighted by Gasteiger charge is 1.99. The summed E-state index contributed by atoms with van der Waals surface area (Å²) in [6, 6.07) is 5.87. The Balaban J connectivity index is 2.04. The fourth-order valence-corrected chi connectivity index (χ4v) is 1.65. The molecule has 2 rings (SSSR count). The first-order chi connectivity index (χ1) is 7.65. The fraction of sp³-hybridized carbons (Fsp3) is 0.250. The van der Waals surface area contributed by atoms with Gasteiger partial charge < -0.3 is 11.1 Å². The quantitative estimate of drug-likeness (QED) is 0.771. The van der Waals surface area contributed by atoms with Gasteiger partial charge in [0.1, 0.15) is 0 Å².